The normalized spacial score (nSPS) is 17.4. The summed E-state index contributed by atoms with van der Waals surface area (Å²) in [7, 11) is 1.48. The molecule has 0 saturated heterocycles. The summed E-state index contributed by atoms with van der Waals surface area (Å²) >= 11 is 0. The van der Waals surface area contributed by atoms with Crippen molar-refractivity contribution >= 4 is 29.0 Å². The fourth-order valence-electron chi connectivity index (χ4n) is 4.25. The number of aryl methyl sites for hydroxylation is 1. The van der Waals surface area contributed by atoms with Crippen LogP contribution >= 0.6 is 0 Å². The summed E-state index contributed by atoms with van der Waals surface area (Å²) in [5.41, 5.74) is 1.73. The van der Waals surface area contributed by atoms with Gasteiger partial charge in [-0.2, -0.15) is 0 Å². The number of aliphatic hydroxyl groups is 1. The van der Waals surface area contributed by atoms with Crippen molar-refractivity contribution in [2.45, 2.75) is 44.6 Å². The predicted octanol–water partition coefficient (Wildman–Crippen LogP) is 3.07. The first-order valence-electron chi connectivity index (χ1n) is 13.5. The molecular weight excluding hydrogens is 474 g/mol. The molecule has 0 radical (unpaired) electrons. The number of nitrogens with one attached hydrogen (secondary N) is 3. The van der Waals surface area contributed by atoms with Crippen molar-refractivity contribution < 1.29 is 23.5 Å². The van der Waals surface area contributed by atoms with Gasteiger partial charge in [-0.05, 0) is 56.7 Å². The average molecular weight is 507 g/mol. The number of carbonyl (C=O) groups excluding carboxylic acids is 2. The van der Waals surface area contributed by atoms with Gasteiger partial charge in [0.2, 0.25) is 5.91 Å². The van der Waals surface area contributed by atoms with Crippen LogP contribution in [-0.4, -0.2) is 51.2 Å². The zero-order valence-electron chi connectivity index (χ0n) is 23.5. The maximum Gasteiger partial charge on any atom is 0.273 e. The van der Waals surface area contributed by atoms with Crippen molar-refractivity contribution in [3.8, 4) is 17.0 Å². The lowest BCUT2D eigenvalue weighted by atomic mass is 9.78. The number of ether oxygens (including phenoxy) is 1. The molecule has 2 heterocycles. The SMILES string of the molecule is [2H]C([2H])([2H])NC(=O)c1nnc(NC(=O)C2CC2)cc1Nc1cc(C)cc(-c2cnc(C3(O)CCC3)cn2)c1OC. The summed E-state index contributed by atoms with van der Waals surface area (Å²) in [4.78, 5) is 34.1. The Morgan fingerprint density at radius 2 is 1.95 bits per heavy atom. The number of nitrogens with zero attached hydrogens (tertiary/aromatic N) is 4. The number of aromatic nitrogens is 4. The molecule has 1 aromatic carbocycles. The molecule has 2 aromatic heterocycles. The van der Waals surface area contributed by atoms with Gasteiger partial charge in [0.1, 0.15) is 5.60 Å². The molecule has 11 heteroatoms. The van der Waals surface area contributed by atoms with Gasteiger partial charge in [0.05, 0.1) is 42.3 Å². The van der Waals surface area contributed by atoms with Crippen molar-refractivity contribution in [3.63, 3.8) is 0 Å². The molecule has 2 aliphatic carbocycles. The van der Waals surface area contributed by atoms with Crippen LogP contribution in [0.4, 0.5) is 17.2 Å². The molecule has 0 bridgehead atoms. The van der Waals surface area contributed by atoms with Gasteiger partial charge in [0, 0.05) is 28.6 Å². The van der Waals surface area contributed by atoms with Gasteiger partial charge in [-0.15, -0.1) is 10.2 Å². The second-order valence-electron chi connectivity index (χ2n) is 9.40. The summed E-state index contributed by atoms with van der Waals surface area (Å²) in [5.74, 6) is -0.792. The number of anilines is 3. The van der Waals surface area contributed by atoms with Gasteiger partial charge in [-0.1, -0.05) is 0 Å². The molecule has 11 nitrogen and oxygen atoms in total. The number of hydrogen-bond donors (Lipinski definition) is 4. The first-order valence-corrected chi connectivity index (χ1v) is 12.0. The number of amides is 2. The lowest BCUT2D eigenvalue weighted by Crippen LogP contribution is -2.34. The first kappa shape index (κ1) is 21.0. The molecule has 2 amide bonds. The lowest BCUT2D eigenvalue weighted by molar-refractivity contribution is -0.117. The summed E-state index contributed by atoms with van der Waals surface area (Å²) < 4.78 is 27.9. The fraction of sp³-hybridized carbons (Fsp3) is 0.385. The molecule has 4 N–H and O–H groups in total. The Labute approximate surface area is 218 Å². The van der Waals surface area contributed by atoms with E-state index in [1.807, 2.05) is 18.3 Å². The highest BCUT2D eigenvalue weighted by Crippen LogP contribution is 2.42. The largest absolute Gasteiger partial charge is 0.494 e. The van der Waals surface area contributed by atoms with Crippen LogP contribution < -0.4 is 20.7 Å². The molecule has 0 spiro atoms. The van der Waals surface area contributed by atoms with Gasteiger partial charge in [0.25, 0.3) is 5.91 Å². The van der Waals surface area contributed by atoms with Gasteiger partial charge in [0.15, 0.2) is 17.3 Å². The number of benzene rings is 1. The van der Waals surface area contributed by atoms with Crippen LogP contribution in [-0.2, 0) is 10.4 Å². The van der Waals surface area contributed by atoms with E-state index in [1.165, 1.54) is 13.2 Å². The minimum atomic E-state index is -2.75. The van der Waals surface area contributed by atoms with Crippen LogP contribution in [0.25, 0.3) is 11.3 Å². The number of carbonyl (C=O) groups is 2. The third-order valence-corrected chi connectivity index (χ3v) is 6.61. The fourth-order valence-corrected chi connectivity index (χ4v) is 4.25. The number of hydrogen-bond acceptors (Lipinski definition) is 9. The van der Waals surface area contributed by atoms with Crippen molar-refractivity contribution in [1.29, 1.82) is 0 Å². The first-order chi connectivity index (χ1) is 19.0. The van der Waals surface area contributed by atoms with E-state index in [2.05, 4.69) is 30.8 Å². The van der Waals surface area contributed by atoms with Crippen LogP contribution in [0.15, 0.2) is 30.6 Å². The minimum Gasteiger partial charge on any atom is -0.494 e. The lowest BCUT2D eigenvalue weighted by Gasteiger charge is -2.35. The van der Waals surface area contributed by atoms with Gasteiger partial charge in [-0.25, -0.2) is 0 Å². The highest BCUT2D eigenvalue weighted by molar-refractivity contribution is 6.00. The molecule has 0 atom stereocenters. The summed E-state index contributed by atoms with van der Waals surface area (Å²) in [6, 6.07) is 5.05. The standard InChI is InChI=1S/C26H29N7O4/c1-14-9-16(19-12-29-20(13-28-19)26(36)7-4-8-26)23(37-3)18(10-14)30-17-11-21(31-24(34)15-5-6-15)32-33-22(17)25(35)27-2/h9-13,15,36H,4-8H2,1-3H3,(H,27,35)(H2,30,31,32,34)/i2D3. The van der Waals surface area contributed by atoms with E-state index in [-0.39, 0.29) is 29.0 Å². The van der Waals surface area contributed by atoms with Gasteiger partial charge in [-0.3, -0.25) is 19.6 Å². The molecule has 0 unspecified atom stereocenters. The summed E-state index contributed by atoms with van der Waals surface area (Å²) in [5, 5.41) is 26.1. The van der Waals surface area contributed by atoms with Crippen LogP contribution in [0.3, 0.4) is 0 Å². The Morgan fingerprint density at radius 1 is 1.14 bits per heavy atom. The average Bonchev–Trinajstić information content (AvgIpc) is 3.72. The second kappa shape index (κ2) is 9.74. The number of rotatable bonds is 8. The van der Waals surface area contributed by atoms with E-state index < -0.39 is 18.5 Å². The van der Waals surface area contributed by atoms with Crippen LogP contribution in [0.1, 0.15) is 58.0 Å². The molecule has 192 valence electrons. The molecule has 5 rings (SSSR count). The van der Waals surface area contributed by atoms with E-state index >= 15 is 0 Å². The third-order valence-electron chi connectivity index (χ3n) is 6.61. The Bertz CT molecular complexity index is 1460. The molecule has 2 fully saturated rings. The molecule has 2 saturated carbocycles. The van der Waals surface area contributed by atoms with Crippen molar-refractivity contribution in [2.75, 3.05) is 24.7 Å². The maximum atomic E-state index is 12.8. The van der Waals surface area contributed by atoms with E-state index in [9.17, 15) is 14.7 Å². The van der Waals surface area contributed by atoms with E-state index in [4.69, 9.17) is 8.85 Å². The molecular formula is C26H29N7O4. The number of methoxy groups -OCH3 is 1. The van der Waals surface area contributed by atoms with Crippen molar-refractivity contribution in [3.05, 3.63) is 47.5 Å². The van der Waals surface area contributed by atoms with E-state index in [0.717, 1.165) is 24.8 Å². The van der Waals surface area contributed by atoms with E-state index in [1.54, 1.807) is 18.5 Å². The highest BCUT2D eigenvalue weighted by Gasteiger charge is 2.38. The predicted molar refractivity (Wildman–Crippen MR) is 137 cm³/mol. The van der Waals surface area contributed by atoms with Crippen molar-refractivity contribution in [2.24, 2.45) is 5.92 Å². The molecule has 3 aromatic rings. The Morgan fingerprint density at radius 3 is 2.57 bits per heavy atom. The zero-order chi connectivity index (χ0) is 28.7. The van der Waals surface area contributed by atoms with E-state index in [0.29, 0.717) is 41.2 Å². The summed E-state index contributed by atoms with van der Waals surface area (Å²) in [6.45, 7) is -0.887. The summed E-state index contributed by atoms with van der Waals surface area (Å²) in [6.07, 6.45) is 6.92. The van der Waals surface area contributed by atoms with Crippen LogP contribution in [0.2, 0.25) is 0 Å². The zero-order valence-corrected chi connectivity index (χ0v) is 20.5. The Hall–Kier alpha value is -4.12. The molecule has 37 heavy (non-hydrogen) atoms. The topological polar surface area (TPSA) is 151 Å². The Kier molecular flexibility index (Phi) is 5.53. The molecule has 0 aliphatic heterocycles. The quantitative estimate of drug-likeness (QED) is 0.361. The maximum absolute atomic E-state index is 12.8. The van der Waals surface area contributed by atoms with Crippen molar-refractivity contribution in [1.82, 2.24) is 25.5 Å². The smallest absolute Gasteiger partial charge is 0.273 e. The molecule has 2 aliphatic rings. The second-order valence-corrected chi connectivity index (χ2v) is 9.40. The van der Waals surface area contributed by atoms with Gasteiger partial charge < -0.3 is 25.8 Å². The highest BCUT2D eigenvalue weighted by atomic mass is 16.5. The Balaban J connectivity index is 1.52. The third kappa shape index (κ3) is 4.94. The van der Waals surface area contributed by atoms with Crippen LogP contribution in [0, 0.1) is 12.8 Å². The van der Waals surface area contributed by atoms with Crippen LogP contribution in [0.5, 0.6) is 5.75 Å². The van der Waals surface area contributed by atoms with Gasteiger partial charge >= 0.3 is 0 Å². The monoisotopic (exact) mass is 506 g/mol. The minimum absolute atomic E-state index is 0.0892.